The highest BCUT2D eigenvalue weighted by Gasteiger charge is 2.09. The Hall–Kier alpha value is -2.04. The molecule has 3 N–H and O–H groups in total. The fourth-order valence-corrected chi connectivity index (χ4v) is 1.77. The number of nitrogens with two attached hydrogens (primary N) is 1. The molecule has 1 rings (SSSR count). The maximum atomic E-state index is 11.8. The number of oxime groups is 1. The van der Waals surface area contributed by atoms with Gasteiger partial charge in [-0.2, -0.15) is 0 Å². The predicted molar refractivity (Wildman–Crippen MR) is 75.0 cm³/mol. The number of amides is 1. The van der Waals surface area contributed by atoms with Gasteiger partial charge >= 0.3 is 0 Å². The van der Waals surface area contributed by atoms with Crippen LogP contribution in [0.3, 0.4) is 0 Å². The summed E-state index contributed by atoms with van der Waals surface area (Å²) in [6.45, 7) is 2.59. The van der Waals surface area contributed by atoms with Gasteiger partial charge in [-0.05, 0) is 18.1 Å². The molecule has 5 nitrogen and oxygen atoms in total. The van der Waals surface area contributed by atoms with Crippen LogP contribution in [0.5, 0.6) is 0 Å². The van der Waals surface area contributed by atoms with Gasteiger partial charge in [-0.1, -0.05) is 36.7 Å². The van der Waals surface area contributed by atoms with Crippen LogP contribution < -0.4 is 5.73 Å². The Balaban J connectivity index is 2.69. The highest BCUT2D eigenvalue weighted by atomic mass is 16.4. The third kappa shape index (κ3) is 4.62. The lowest BCUT2D eigenvalue weighted by Gasteiger charge is -2.17. The molecule has 0 saturated heterocycles. The van der Waals surface area contributed by atoms with Gasteiger partial charge < -0.3 is 15.8 Å². The lowest BCUT2D eigenvalue weighted by Crippen LogP contribution is -2.26. The van der Waals surface area contributed by atoms with Gasteiger partial charge in [0.25, 0.3) is 0 Å². The number of carbonyl (C=O) groups excluding carboxylic acids is 1. The van der Waals surface area contributed by atoms with Crippen LogP contribution in [0.25, 0.3) is 0 Å². The Labute approximate surface area is 113 Å². The molecule has 0 heterocycles. The fourth-order valence-electron chi connectivity index (χ4n) is 1.77. The SMILES string of the molecule is CCCCC(=O)N(C)Cc1cccc(C(N)=NO)c1. The van der Waals surface area contributed by atoms with Gasteiger partial charge in [-0.25, -0.2) is 0 Å². The smallest absolute Gasteiger partial charge is 0.222 e. The second-order valence-electron chi connectivity index (χ2n) is 4.54. The van der Waals surface area contributed by atoms with Crippen molar-refractivity contribution in [3.8, 4) is 0 Å². The zero-order valence-electron chi connectivity index (χ0n) is 11.5. The van der Waals surface area contributed by atoms with E-state index in [1.165, 1.54) is 0 Å². The van der Waals surface area contributed by atoms with Crippen LogP contribution in [0, 0.1) is 0 Å². The molecule has 0 aliphatic heterocycles. The average molecular weight is 263 g/mol. The van der Waals surface area contributed by atoms with Gasteiger partial charge in [0.1, 0.15) is 0 Å². The monoisotopic (exact) mass is 263 g/mol. The van der Waals surface area contributed by atoms with Crippen molar-refractivity contribution in [3.63, 3.8) is 0 Å². The molecule has 0 aliphatic rings. The first kappa shape index (κ1) is 15.0. The first-order valence-corrected chi connectivity index (χ1v) is 6.39. The molecule has 1 aromatic rings. The standard InChI is InChI=1S/C14H21N3O2/c1-3-4-8-13(18)17(2)10-11-6-5-7-12(9-11)14(15)16-19/h5-7,9,19H,3-4,8,10H2,1-2H3,(H2,15,16). The minimum Gasteiger partial charge on any atom is -0.409 e. The van der Waals surface area contributed by atoms with Crippen LogP contribution in [0.4, 0.5) is 0 Å². The van der Waals surface area contributed by atoms with Crippen LogP contribution in [0.2, 0.25) is 0 Å². The van der Waals surface area contributed by atoms with Crippen LogP contribution in [0.15, 0.2) is 29.4 Å². The largest absolute Gasteiger partial charge is 0.409 e. The molecule has 5 heteroatoms. The molecule has 0 aliphatic carbocycles. The van der Waals surface area contributed by atoms with Gasteiger partial charge in [0.2, 0.25) is 5.91 Å². The Kier molecular flexibility index (Phi) is 5.85. The van der Waals surface area contributed by atoms with Gasteiger partial charge in [-0.15, -0.1) is 0 Å². The van der Waals surface area contributed by atoms with E-state index in [9.17, 15) is 4.79 Å². The van der Waals surface area contributed by atoms with Crippen LogP contribution in [0.1, 0.15) is 37.3 Å². The Morgan fingerprint density at radius 1 is 1.47 bits per heavy atom. The highest BCUT2D eigenvalue weighted by molar-refractivity contribution is 5.97. The number of benzene rings is 1. The number of hydrogen-bond acceptors (Lipinski definition) is 3. The summed E-state index contributed by atoms with van der Waals surface area (Å²) in [5.74, 6) is 0.206. The summed E-state index contributed by atoms with van der Waals surface area (Å²) in [6, 6.07) is 7.32. The molecule has 19 heavy (non-hydrogen) atoms. The van der Waals surface area contributed by atoms with E-state index < -0.39 is 0 Å². The lowest BCUT2D eigenvalue weighted by molar-refractivity contribution is -0.130. The summed E-state index contributed by atoms with van der Waals surface area (Å²) in [5, 5.41) is 11.6. The molecule has 1 amide bonds. The molecule has 1 aromatic carbocycles. The molecule has 0 atom stereocenters. The zero-order valence-corrected chi connectivity index (χ0v) is 11.5. The van der Waals surface area contributed by atoms with E-state index in [0.717, 1.165) is 18.4 Å². The number of unbranched alkanes of at least 4 members (excludes halogenated alkanes) is 1. The lowest BCUT2D eigenvalue weighted by atomic mass is 10.1. The summed E-state index contributed by atoms with van der Waals surface area (Å²) in [5.41, 5.74) is 7.14. The molecular weight excluding hydrogens is 242 g/mol. The van der Waals surface area contributed by atoms with Crippen molar-refractivity contribution in [3.05, 3.63) is 35.4 Å². The van der Waals surface area contributed by atoms with Crippen molar-refractivity contribution in [2.24, 2.45) is 10.9 Å². The molecule has 104 valence electrons. The second kappa shape index (κ2) is 7.41. The maximum absolute atomic E-state index is 11.8. The second-order valence-corrected chi connectivity index (χ2v) is 4.54. The third-order valence-electron chi connectivity index (χ3n) is 2.92. The van der Waals surface area contributed by atoms with E-state index in [2.05, 4.69) is 12.1 Å². The van der Waals surface area contributed by atoms with E-state index >= 15 is 0 Å². The molecule has 0 aromatic heterocycles. The Morgan fingerprint density at radius 2 is 2.21 bits per heavy atom. The molecule has 0 unspecified atom stereocenters. The first-order chi connectivity index (χ1) is 9.08. The van der Waals surface area contributed by atoms with Crippen molar-refractivity contribution in [1.82, 2.24) is 4.90 Å². The highest BCUT2D eigenvalue weighted by Crippen LogP contribution is 2.09. The van der Waals surface area contributed by atoms with E-state index in [1.54, 1.807) is 18.0 Å². The first-order valence-electron chi connectivity index (χ1n) is 6.39. The predicted octanol–water partition coefficient (Wildman–Crippen LogP) is 1.93. The van der Waals surface area contributed by atoms with Crippen molar-refractivity contribution in [2.45, 2.75) is 32.7 Å². The molecule has 0 spiro atoms. The third-order valence-corrected chi connectivity index (χ3v) is 2.92. The summed E-state index contributed by atoms with van der Waals surface area (Å²) in [7, 11) is 1.79. The normalized spacial score (nSPS) is 11.4. The number of hydrogen-bond donors (Lipinski definition) is 2. The van der Waals surface area contributed by atoms with Crippen molar-refractivity contribution >= 4 is 11.7 Å². The number of rotatable bonds is 6. The van der Waals surface area contributed by atoms with Gasteiger partial charge in [0, 0.05) is 25.6 Å². The molecule has 0 radical (unpaired) electrons. The zero-order chi connectivity index (χ0) is 14.3. The van der Waals surface area contributed by atoms with E-state index in [-0.39, 0.29) is 11.7 Å². The molecule has 0 fully saturated rings. The Morgan fingerprint density at radius 3 is 2.84 bits per heavy atom. The summed E-state index contributed by atoms with van der Waals surface area (Å²) >= 11 is 0. The van der Waals surface area contributed by atoms with Crippen molar-refractivity contribution in [1.29, 1.82) is 0 Å². The number of amidine groups is 1. The molecular formula is C14H21N3O2. The Bertz CT molecular complexity index is 458. The van der Waals surface area contributed by atoms with Crippen LogP contribution in [-0.4, -0.2) is 28.9 Å². The number of nitrogens with zero attached hydrogens (tertiary/aromatic N) is 2. The minimum absolute atomic E-state index is 0.0711. The van der Waals surface area contributed by atoms with Crippen LogP contribution in [-0.2, 0) is 11.3 Å². The van der Waals surface area contributed by atoms with Gasteiger partial charge in [-0.3, -0.25) is 4.79 Å². The van der Waals surface area contributed by atoms with E-state index in [4.69, 9.17) is 10.9 Å². The van der Waals surface area contributed by atoms with E-state index in [1.807, 2.05) is 18.2 Å². The van der Waals surface area contributed by atoms with Crippen molar-refractivity contribution < 1.29 is 10.0 Å². The van der Waals surface area contributed by atoms with Gasteiger partial charge in [0.15, 0.2) is 5.84 Å². The maximum Gasteiger partial charge on any atom is 0.222 e. The topological polar surface area (TPSA) is 78.9 Å². The molecule has 0 saturated carbocycles. The quantitative estimate of drug-likeness (QED) is 0.356. The summed E-state index contributed by atoms with van der Waals surface area (Å²) in [4.78, 5) is 13.5. The van der Waals surface area contributed by atoms with Gasteiger partial charge in [0.05, 0.1) is 0 Å². The molecule has 0 bridgehead atoms. The van der Waals surface area contributed by atoms with E-state index in [0.29, 0.717) is 18.5 Å². The summed E-state index contributed by atoms with van der Waals surface area (Å²) in [6.07, 6.45) is 2.50. The fraction of sp³-hybridized carbons (Fsp3) is 0.429. The number of carbonyl (C=O) groups is 1. The van der Waals surface area contributed by atoms with Crippen molar-refractivity contribution in [2.75, 3.05) is 7.05 Å². The van der Waals surface area contributed by atoms with Crippen LogP contribution >= 0.6 is 0 Å². The average Bonchev–Trinajstić information content (AvgIpc) is 2.44. The summed E-state index contributed by atoms with van der Waals surface area (Å²) < 4.78 is 0. The minimum atomic E-state index is 0.0711.